The van der Waals surface area contributed by atoms with E-state index in [9.17, 15) is 9.59 Å². The van der Waals surface area contributed by atoms with Crippen LogP contribution in [0, 0.1) is 0 Å². The molecule has 0 rings (SSSR count). The maximum Gasteiger partial charge on any atom is 0.333 e. The number of unbranched alkanes of at least 4 members (excludes halogenated alkanes) is 1. The van der Waals surface area contributed by atoms with Crippen molar-refractivity contribution in [3.05, 3.63) is 12.2 Å². The van der Waals surface area contributed by atoms with Crippen LogP contribution in [0.25, 0.3) is 0 Å². The summed E-state index contributed by atoms with van der Waals surface area (Å²) in [6.07, 6.45) is 1.73. The number of hydrogen-bond acceptors (Lipinski definition) is 3. The van der Waals surface area contributed by atoms with E-state index in [1.54, 1.807) is 6.92 Å². The van der Waals surface area contributed by atoms with Gasteiger partial charge in [-0.1, -0.05) is 13.0 Å². The fraction of sp³-hybridized carbons (Fsp3) is 0.700. The van der Waals surface area contributed by atoms with Gasteiger partial charge >= 0.3 is 5.97 Å². The number of ether oxygens (including phenoxy) is 1. The third-order valence-electron chi connectivity index (χ3n) is 1.76. The van der Waals surface area contributed by atoms with E-state index in [1.807, 2.05) is 13.1 Å². The summed E-state index contributed by atoms with van der Waals surface area (Å²) in [5, 5.41) is 0. The number of carbonyl (C=O) groups excluding carboxylic acids is 1. The second-order valence-corrected chi connectivity index (χ2v) is 8.31. The van der Waals surface area contributed by atoms with Crippen molar-refractivity contribution >= 4 is 14.3 Å². The molecule has 1 N–H and O–H groups in total. The standard InChI is InChI=1S/C10H20O3Si/c1-9(2)10(11)13-7-5-6-8-14(3,4)12/h12H,1,5-8H2,2-4H3. The maximum absolute atomic E-state index is 10.9. The van der Waals surface area contributed by atoms with Gasteiger partial charge in [0.05, 0.1) is 6.61 Å². The second kappa shape index (κ2) is 5.98. The van der Waals surface area contributed by atoms with Crippen LogP contribution in [-0.4, -0.2) is 25.7 Å². The van der Waals surface area contributed by atoms with Crippen molar-refractivity contribution in [2.45, 2.75) is 38.9 Å². The van der Waals surface area contributed by atoms with Crippen molar-refractivity contribution in [3.8, 4) is 0 Å². The minimum Gasteiger partial charge on any atom is -0.462 e. The fourth-order valence-electron chi connectivity index (χ4n) is 0.948. The lowest BCUT2D eigenvalue weighted by atomic mass is 10.3. The van der Waals surface area contributed by atoms with Gasteiger partial charge in [0, 0.05) is 5.57 Å². The first kappa shape index (κ1) is 13.4. The van der Waals surface area contributed by atoms with Gasteiger partial charge in [-0.2, -0.15) is 0 Å². The van der Waals surface area contributed by atoms with Gasteiger partial charge in [0.2, 0.25) is 0 Å². The van der Waals surface area contributed by atoms with E-state index < -0.39 is 8.32 Å². The highest BCUT2D eigenvalue weighted by atomic mass is 28.4. The van der Waals surface area contributed by atoms with Crippen LogP contribution >= 0.6 is 0 Å². The molecule has 0 atom stereocenters. The molecule has 0 bridgehead atoms. The lowest BCUT2D eigenvalue weighted by Crippen LogP contribution is -2.24. The molecule has 0 amide bonds. The van der Waals surface area contributed by atoms with E-state index in [-0.39, 0.29) is 5.97 Å². The molecule has 0 aromatic heterocycles. The van der Waals surface area contributed by atoms with Gasteiger partial charge in [-0.05, 0) is 32.5 Å². The Balaban J connectivity index is 3.39. The van der Waals surface area contributed by atoms with Crippen LogP contribution in [0.3, 0.4) is 0 Å². The average molecular weight is 216 g/mol. The topological polar surface area (TPSA) is 46.5 Å². The van der Waals surface area contributed by atoms with Crippen LogP contribution in [0.1, 0.15) is 19.8 Å². The Morgan fingerprint density at radius 3 is 2.43 bits per heavy atom. The number of esters is 1. The summed E-state index contributed by atoms with van der Waals surface area (Å²) < 4.78 is 4.91. The quantitative estimate of drug-likeness (QED) is 0.320. The molecule has 0 spiro atoms. The molecule has 0 aliphatic carbocycles. The van der Waals surface area contributed by atoms with Crippen molar-refractivity contribution in [1.29, 1.82) is 0 Å². The summed E-state index contributed by atoms with van der Waals surface area (Å²) >= 11 is 0. The summed E-state index contributed by atoms with van der Waals surface area (Å²) in [4.78, 5) is 20.5. The molecule has 14 heavy (non-hydrogen) atoms. The first-order valence-electron chi connectivity index (χ1n) is 4.88. The lowest BCUT2D eigenvalue weighted by Gasteiger charge is -2.13. The number of carbonyl (C=O) groups is 1. The van der Waals surface area contributed by atoms with E-state index in [0.717, 1.165) is 18.9 Å². The second-order valence-electron chi connectivity index (χ2n) is 4.19. The normalized spacial score (nSPS) is 11.1. The van der Waals surface area contributed by atoms with Gasteiger partial charge in [0.15, 0.2) is 8.32 Å². The molecule has 0 unspecified atom stereocenters. The molecule has 0 fully saturated rings. The highest BCUT2D eigenvalue weighted by molar-refractivity contribution is 6.69. The third-order valence-corrected chi connectivity index (χ3v) is 3.34. The van der Waals surface area contributed by atoms with Gasteiger partial charge in [-0.25, -0.2) is 4.79 Å². The van der Waals surface area contributed by atoms with Crippen molar-refractivity contribution in [2.24, 2.45) is 0 Å². The predicted molar refractivity (Wildman–Crippen MR) is 59.5 cm³/mol. The molecular formula is C10H20O3Si. The SMILES string of the molecule is C=C(C)C(=O)OCCCC[Si](C)(C)O. The molecule has 0 aromatic carbocycles. The van der Waals surface area contributed by atoms with Crippen LogP contribution in [-0.2, 0) is 9.53 Å². The van der Waals surface area contributed by atoms with Crippen molar-refractivity contribution in [1.82, 2.24) is 0 Å². The molecule has 4 heteroatoms. The molecule has 0 heterocycles. The summed E-state index contributed by atoms with van der Waals surface area (Å²) in [7, 11) is -1.91. The lowest BCUT2D eigenvalue weighted by molar-refractivity contribution is -0.139. The van der Waals surface area contributed by atoms with Gasteiger partial charge in [0.1, 0.15) is 0 Å². The third kappa shape index (κ3) is 8.01. The van der Waals surface area contributed by atoms with Crippen LogP contribution in [0.4, 0.5) is 0 Å². The molecule has 0 aliphatic heterocycles. The Kier molecular flexibility index (Phi) is 5.72. The maximum atomic E-state index is 10.9. The van der Waals surface area contributed by atoms with E-state index in [0.29, 0.717) is 12.2 Å². The molecule has 0 aromatic rings. The first-order valence-corrected chi connectivity index (χ1v) is 8.03. The Morgan fingerprint density at radius 2 is 2.00 bits per heavy atom. The highest BCUT2D eigenvalue weighted by Gasteiger charge is 2.15. The summed E-state index contributed by atoms with van der Waals surface area (Å²) in [5.41, 5.74) is 0.432. The van der Waals surface area contributed by atoms with Gasteiger partial charge in [-0.3, -0.25) is 0 Å². The molecule has 0 radical (unpaired) electrons. The monoisotopic (exact) mass is 216 g/mol. The number of hydrogen-bond donors (Lipinski definition) is 1. The Hall–Kier alpha value is -0.613. The van der Waals surface area contributed by atoms with Crippen LogP contribution < -0.4 is 0 Å². The van der Waals surface area contributed by atoms with E-state index in [4.69, 9.17) is 4.74 Å². The number of rotatable bonds is 6. The minimum absolute atomic E-state index is 0.328. The van der Waals surface area contributed by atoms with Crippen LogP contribution in [0.2, 0.25) is 19.1 Å². The van der Waals surface area contributed by atoms with E-state index in [1.165, 1.54) is 0 Å². The first-order chi connectivity index (χ1) is 6.33. The van der Waals surface area contributed by atoms with Crippen molar-refractivity contribution < 1.29 is 14.3 Å². The zero-order chi connectivity index (χ0) is 11.2. The Labute approximate surface area is 86.9 Å². The minimum atomic E-state index is -1.91. The van der Waals surface area contributed by atoms with Gasteiger partial charge < -0.3 is 9.53 Å². The molecule has 0 saturated heterocycles. The smallest absolute Gasteiger partial charge is 0.333 e. The predicted octanol–water partition coefficient (Wildman–Crippen LogP) is 2.08. The van der Waals surface area contributed by atoms with Crippen molar-refractivity contribution in [3.63, 3.8) is 0 Å². The summed E-state index contributed by atoms with van der Waals surface area (Å²) in [6.45, 7) is 9.36. The molecule has 0 aliphatic rings. The van der Waals surface area contributed by atoms with Gasteiger partial charge in [0.25, 0.3) is 0 Å². The zero-order valence-corrected chi connectivity index (χ0v) is 10.3. The molecule has 3 nitrogen and oxygen atoms in total. The molecular weight excluding hydrogens is 196 g/mol. The van der Waals surface area contributed by atoms with Gasteiger partial charge in [-0.15, -0.1) is 0 Å². The van der Waals surface area contributed by atoms with E-state index >= 15 is 0 Å². The average Bonchev–Trinajstić information content (AvgIpc) is 2.01. The Morgan fingerprint density at radius 1 is 1.43 bits per heavy atom. The molecule has 0 saturated carbocycles. The van der Waals surface area contributed by atoms with Crippen LogP contribution in [0.5, 0.6) is 0 Å². The van der Waals surface area contributed by atoms with E-state index in [2.05, 4.69) is 6.58 Å². The zero-order valence-electron chi connectivity index (χ0n) is 9.30. The van der Waals surface area contributed by atoms with Crippen molar-refractivity contribution in [2.75, 3.05) is 6.61 Å². The van der Waals surface area contributed by atoms with Crippen LogP contribution in [0.15, 0.2) is 12.2 Å². The fourth-order valence-corrected chi connectivity index (χ4v) is 2.06. The highest BCUT2D eigenvalue weighted by Crippen LogP contribution is 2.09. The molecule has 82 valence electrons. The summed E-state index contributed by atoms with van der Waals surface area (Å²) in [6, 6.07) is 0.859. The summed E-state index contributed by atoms with van der Waals surface area (Å²) in [5.74, 6) is -0.328. The Bertz CT molecular complexity index is 206. The largest absolute Gasteiger partial charge is 0.462 e.